The summed E-state index contributed by atoms with van der Waals surface area (Å²) in [5.41, 5.74) is 0.669. The number of amides is 2. The van der Waals surface area contributed by atoms with Gasteiger partial charge in [0.1, 0.15) is 0 Å². The number of nitrogens with zero attached hydrogens (tertiary/aromatic N) is 1. The third kappa shape index (κ3) is 1.72. The first-order valence-electron chi connectivity index (χ1n) is 5.97. The molecular weight excluding hydrogens is 294 g/mol. The van der Waals surface area contributed by atoms with Crippen molar-refractivity contribution < 1.29 is 9.59 Å². The molecule has 1 fully saturated rings. The molecule has 3 rings (SSSR count). The van der Waals surface area contributed by atoms with Crippen molar-refractivity contribution in [2.24, 2.45) is 11.8 Å². The van der Waals surface area contributed by atoms with Crippen LogP contribution in [0, 0.1) is 11.8 Å². The predicted molar refractivity (Wildman–Crippen MR) is 72.0 cm³/mol. The average Bonchev–Trinajstić information content (AvgIpc) is 2.64. The maximum atomic E-state index is 12.3. The molecule has 0 spiro atoms. The van der Waals surface area contributed by atoms with Crippen molar-refractivity contribution in [3.05, 3.63) is 40.9 Å². The third-order valence-electron chi connectivity index (χ3n) is 3.59. The van der Waals surface area contributed by atoms with E-state index in [1.165, 1.54) is 4.90 Å². The average molecular weight is 306 g/mol. The Morgan fingerprint density at radius 1 is 0.944 bits per heavy atom. The number of carbonyl (C=O) groups excluding carboxylic acids is 2. The number of anilines is 1. The molecule has 2 amide bonds. The van der Waals surface area contributed by atoms with Crippen molar-refractivity contribution in [2.45, 2.75) is 12.8 Å². The lowest BCUT2D eigenvalue weighted by atomic mass is 9.85. The number of carbonyl (C=O) groups is 2. The summed E-state index contributed by atoms with van der Waals surface area (Å²) < 4.78 is 0.935. The summed E-state index contributed by atoms with van der Waals surface area (Å²) in [6.45, 7) is 0. The highest BCUT2D eigenvalue weighted by Gasteiger charge is 2.47. The van der Waals surface area contributed by atoms with Gasteiger partial charge in [0, 0.05) is 4.47 Å². The molecule has 1 heterocycles. The lowest BCUT2D eigenvalue weighted by molar-refractivity contribution is -0.122. The summed E-state index contributed by atoms with van der Waals surface area (Å²) >= 11 is 3.35. The summed E-state index contributed by atoms with van der Waals surface area (Å²) in [6, 6.07) is 7.28. The number of allylic oxidation sites excluding steroid dienone is 2. The standard InChI is InChI=1S/C14H12BrNO2/c15-9-5-7-10(8-6-9)16-13(17)11-3-1-2-4-12(11)14(16)18/h1-2,5-8,11-12H,3-4H2. The number of fused-ring (bicyclic) bond motifs is 1. The largest absolute Gasteiger partial charge is 0.274 e. The van der Waals surface area contributed by atoms with Gasteiger partial charge in [0.05, 0.1) is 17.5 Å². The van der Waals surface area contributed by atoms with Gasteiger partial charge in [-0.25, -0.2) is 0 Å². The van der Waals surface area contributed by atoms with Crippen molar-refractivity contribution in [1.29, 1.82) is 0 Å². The van der Waals surface area contributed by atoms with E-state index in [1.807, 2.05) is 24.3 Å². The fourth-order valence-corrected chi connectivity index (χ4v) is 2.91. The molecule has 2 atom stereocenters. The number of hydrogen-bond donors (Lipinski definition) is 0. The van der Waals surface area contributed by atoms with E-state index in [0.29, 0.717) is 18.5 Å². The van der Waals surface area contributed by atoms with Gasteiger partial charge < -0.3 is 0 Å². The zero-order chi connectivity index (χ0) is 12.7. The molecule has 0 bridgehead atoms. The molecule has 0 N–H and O–H groups in total. The van der Waals surface area contributed by atoms with E-state index in [9.17, 15) is 9.59 Å². The molecule has 1 aromatic carbocycles. The molecule has 4 heteroatoms. The molecule has 18 heavy (non-hydrogen) atoms. The van der Waals surface area contributed by atoms with Gasteiger partial charge in [0.15, 0.2) is 0 Å². The van der Waals surface area contributed by atoms with Gasteiger partial charge in [-0.15, -0.1) is 0 Å². The monoisotopic (exact) mass is 305 g/mol. The maximum absolute atomic E-state index is 12.3. The Hall–Kier alpha value is -1.42. The van der Waals surface area contributed by atoms with Crippen LogP contribution in [0.3, 0.4) is 0 Å². The number of halogens is 1. The van der Waals surface area contributed by atoms with Crippen LogP contribution in [-0.4, -0.2) is 11.8 Å². The molecule has 0 saturated carbocycles. The Morgan fingerprint density at radius 2 is 1.44 bits per heavy atom. The van der Waals surface area contributed by atoms with E-state index < -0.39 is 0 Å². The molecule has 1 aliphatic carbocycles. The Morgan fingerprint density at radius 3 is 1.94 bits per heavy atom. The third-order valence-corrected chi connectivity index (χ3v) is 4.12. The first-order chi connectivity index (χ1) is 8.68. The van der Waals surface area contributed by atoms with E-state index >= 15 is 0 Å². The van der Waals surface area contributed by atoms with E-state index in [-0.39, 0.29) is 23.7 Å². The number of benzene rings is 1. The van der Waals surface area contributed by atoms with Gasteiger partial charge in [0.25, 0.3) is 0 Å². The van der Waals surface area contributed by atoms with Gasteiger partial charge in [0.2, 0.25) is 11.8 Å². The maximum Gasteiger partial charge on any atom is 0.238 e. The lowest BCUT2D eigenvalue weighted by Gasteiger charge is -2.14. The number of imide groups is 1. The second-order valence-electron chi connectivity index (χ2n) is 4.64. The van der Waals surface area contributed by atoms with E-state index in [1.54, 1.807) is 12.1 Å². The smallest absolute Gasteiger partial charge is 0.238 e. The molecule has 2 unspecified atom stereocenters. The first-order valence-corrected chi connectivity index (χ1v) is 6.76. The molecule has 92 valence electrons. The topological polar surface area (TPSA) is 37.4 Å². The molecule has 2 aliphatic rings. The highest BCUT2D eigenvalue weighted by molar-refractivity contribution is 9.10. The fraction of sp³-hybridized carbons (Fsp3) is 0.286. The van der Waals surface area contributed by atoms with Gasteiger partial charge >= 0.3 is 0 Å². The summed E-state index contributed by atoms with van der Waals surface area (Å²) in [5, 5.41) is 0. The zero-order valence-corrected chi connectivity index (χ0v) is 11.3. The number of hydrogen-bond acceptors (Lipinski definition) is 2. The van der Waals surface area contributed by atoms with Crippen LogP contribution in [0.5, 0.6) is 0 Å². The second-order valence-corrected chi connectivity index (χ2v) is 5.56. The minimum absolute atomic E-state index is 0.0586. The van der Waals surface area contributed by atoms with Crippen LogP contribution in [0.15, 0.2) is 40.9 Å². The Bertz CT molecular complexity index is 509. The Labute approximate surface area is 114 Å². The summed E-state index contributed by atoms with van der Waals surface area (Å²) in [5.74, 6) is -0.439. The van der Waals surface area contributed by atoms with E-state index in [4.69, 9.17) is 0 Å². The quantitative estimate of drug-likeness (QED) is 0.591. The van der Waals surface area contributed by atoms with Gasteiger partial charge in [-0.2, -0.15) is 0 Å². The normalized spacial score (nSPS) is 26.6. The van der Waals surface area contributed by atoms with Crippen LogP contribution in [0.4, 0.5) is 5.69 Å². The Balaban J connectivity index is 1.96. The molecular formula is C14H12BrNO2. The molecule has 0 aromatic heterocycles. The van der Waals surface area contributed by atoms with Gasteiger partial charge in [-0.3, -0.25) is 14.5 Å². The molecule has 1 aromatic rings. The Kier molecular flexibility index (Phi) is 2.82. The van der Waals surface area contributed by atoms with E-state index in [0.717, 1.165) is 4.47 Å². The fourth-order valence-electron chi connectivity index (χ4n) is 2.64. The molecule has 1 aliphatic heterocycles. The van der Waals surface area contributed by atoms with Crippen LogP contribution < -0.4 is 4.90 Å². The lowest BCUT2D eigenvalue weighted by Crippen LogP contribution is -2.30. The van der Waals surface area contributed by atoms with Crippen LogP contribution in [0.25, 0.3) is 0 Å². The van der Waals surface area contributed by atoms with Crippen LogP contribution >= 0.6 is 15.9 Å². The molecule has 1 saturated heterocycles. The first kappa shape index (κ1) is 11.7. The van der Waals surface area contributed by atoms with Crippen molar-refractivity contribution >= 4 is 33.4 Å². The van der Waals surface area contributed by atoms with Crippen molar-refractivity contribution in [1.82, 2.24) is 0 Å². The molecule has 3 nitrogen and oxygen atoms in total. The van der Waals surface area contributed by atoms with Crippen LogP contribution in [0.2, 0.25) is 0 Å². The SMILES string of the molecule is O=C1C2CC=CCC2C(=O)N1c1ccc(Br)cc1. The van der Waals surface area contributed by atoms with Crippen LogP contribution in [0.1, 0.15) is 12.8 Å². The second kappa shape index (κ2) is 4.35. The summed E-state index contributed by atoms with van der Waals surface area (Å²) in [7, 11) is 0. The van der Waals surface area contributed by atoms with Crippen molar-refractivity contribution in [3.63, 3.8) is 0 Å². The minimum atomic E-state index is -0.161. The minimum Gasteiger partial charge on any atom is -0.274 e. The highest BCUT2D eigenvalue weighted by atomic mass is 79.9. The van der Waals surface area contributed by atoms with Gasteiger partial charge in [-0.05, 0) is 37.1 Å². The zero-order valence-electron chi connectivity index (χ0n) is 9.67. The summed E-state index contributed by atoms with van der Waals surface area (Å²) in [6.07, 6.45) is 5.36. The number of rotatable bonds is 1. The van der Waals surface area contributed by atoms with Crippen LogP contribution in [-0.2, 0) is 9.59 Å². The highest BCUT2D eigenvalue weighted by Crippen LogP contribution is 2.37. The van der Waals surface area contributed by atoms with Crippen molar-refractivity contribution in [3.8, 4) is 0 Å². The predicted octanol–water partition coefficient (Wildman–Crippen LogP) is 2.90. The van der Waals surface area contributed by atoms with E-state index in [2.05, 4.69) is 15.9 Å². The summed E-state index contributed by atoms with van der Waals surface area (Å²) in [4.78, 5) is 25.9. The molecule has 0 radical (unpaired) electrons. The van der Waals surface area contributed by atoms with Crippen molar-refractivity contribution in [2.75, 3.05) is 4.90 Å². The van der Waals surface area contributed by atoms with Gasteiger partial charge in [-0.1, -0.05) is 28.1 Å².